The number of piperazine rings is 1. The Labute approximate surface area is 179 Å². The van der Waals surface area contributed by atoms with Crippen LogP contribution in [-0.2, 0) is 22.4 Å². The topological polar surface area (TPSA) is 67.1 Å². The molecule has 0 unspecified atom stereocenters. The number of quaternary nitrogens is 2. The third kappa shape index (κ3) is 6.40. The molecule has 0 aliphatic carbocycles. The van der Waals surface area contributed by atoms with Gasteiger partial charge in [-0.05, 0) is 42.2 Å². The fourth-order valence-electron chi connectivity index (χ4n) is 3.98. The smallest absolute Gasteiger partial charge is 0.279 e. The van der Waals surface area contributed by atoms with Crippen LogP contribution in [0.3, 0.4) is 0 Å². The number of aryl methyl sites for hydroxylation is 2. The summed E-state index contributed by atoms with van der Waals surface area (Å²) in [6.45, 7) is 8.74. The van der Waals surface area contributed by atoms with Crippen LogP contribution in [0.1, 0.15) is 25.0 Å². The van der Waals surface area contributed by atoms with Gasteiger partial charge in [-0.3, -0.25) is 9.59 Å². The first-order chi connectivity index (χ1) is 14.6. The molecular formula is C24H34N4O2+2. The number of para-hydroxylation sites is 1. The Balaban J connectivity index is 1.41. The molecule has 1 fully saturated rings. The van der Waals surface area contributed by atoms with Crippen molar-refractivity contribution in [1.82, 2.24) is 0 Å². The van der Waals surface area contributed by atoms with Gasteiger partial charge in [0.2, 0.25) is 0 Å². The normalized spacial score (nSPS) is 18.6. The van der Waals surface area contributed by atoms with Crippen molar-refractivity contribution >= 4 is 23.2 Å². The molecule has 2 amide bonds. The van der Waals surface area contributed by atoms with E-state index in [1.807, 2.05) is 42.5 Å². The molecule has 2 aromatic carbocycles. The first kappa shape index (κ1) is 22.0. The maximum absolute atomic E-state index is 12.5. The predicted molar refractivity (Wildman–Crippen MR) is 120 cm³/mol. The van der Waals surface area contributed by atoms with Crippen LogP contribution in [0, 0.1) is 0 Å². The van der Waals surface area contributed by atoms with Crippen LogP contribution in [0.4, 0.5) is 11.4 Å². The number of nitrogens with one attached hydrogen (secondary N) is 4. The minimum absolute atomic E-state index is 0.0515. The monoisotopic (exact) mass is 410 g/mol. The molecule has 160 valence electrons. The molecule has 1 aliphatic rings. The van der Waals surface area contributed by atoms with Gasteiger partial charge in [0.1, 0.15) is 26.2 Å². The summed E-state index contributed by atoms with van der Waals surface area (Å²) in [5.74, 6) is 0.110. The summed E-state index contributed by atoms with van der Waals surface area (Å²) in [6, 6.07) is 16.0. The SMILES string of the molecule is CCc1cccc(NC(=O)C[NH+]2CC[NH+](CC(=O)Nc3ccccc3CC)CC2)c1. The summed E-state index contributed by atoms with van der Waals surface area (Å²) in [7, 11) is 0. The van der Waals surface area contributed by atoms with Gasteiger partial charge in [0.25, 0.3) is 11.8 Å². The molecule has 2 aromatic rings. The Morgan fingerprint density at radius 3 is 2.07 bits per heavy atom. The van der Waals surface area contributed by atoms with Crippen molar-refractivity contribution in [2.45, 2.75) is 26.7 Å². The van der Waals surface area contributed by atoms with Crippen LogP contribution in [0.15, 0.2) is 48.5 Å². The standard InChI is InChI=1S/C24H32N4O2/c1-3-19-8-7-10-21(16-19)25-23(29)17-27-12-14-28(15-13-27)18-24(30)26-22-11-6-5-9-20(22)4-2/h5-11,16H,3-4,12-15,17-18H2,1-2H3,(H,25,29)(H,26,30)/p+2. The van der Waals surface area contributed by atoms with Crippen LogP contribution < -0.4 is 20.4 Å². The first-order valence-corrected chi connectivity index (χ1v) is 11.0. The number of hydrogen-bond donors (Lipinski definition) is 4. The number of hydrogen-bond acceptors (Lipinski definition) is 2. The van der Waals surface area contributed by atoms with Gasteiger partial charge in [-0.2, -0.15) is 0 Å². The number of carbonyl (C=O) groups is 2. The highest BCUT2D eigenvalue weighted by molar-refractivity contribution is 5.92. The Bertz CT molecular complexity index is 860. The molecule has 6 nitrogen and oxygen atoms in total. The number of amides is 2. The van der Waals surface area contributed by atoms with E-state index in [9.17, 15) is 9.59 Å². The Morgan fingerprint density at radius 2 is 1.43 bits per heavy atom. The molecule has 30 heavy (non-hydrogen) atoms. The van der Waals surface area contributed by atoms with E-state index in [1.54, 1.807) is 0 Å². The minimum atomic E-state index is 0.0515. The molecule has 1 aliphatic heterocycles. The van der Waals surface area contributed by atoms with E-state index in [1.165, 1.54) is 15.4 Å². The molecule has 0 spiro atoms. The van der Waals surface area contributed by atoms with Crippen molar-refractivity contribution in [2.24, 2.45) is 0 Å². The predicted octanol–water partition coefficient (Wildman–Crippen LogP) is 0.172. The average molecular weight is 411 g/mol. The maximum Gasteiger partial charge on any atom is 0.279 e. The molecule has 1 heterocycles. The lowest BCUT2D eigenvalue weighted by Crippen LogP contribution is -3.28. The molecule has 1 saturated heterocycles. The molecular weight excluding hydrogens is 376 g/mol. The highest BCUT2D eigenvalue weighted by atomic mass is 16.2. The third-order valence-electron chi connectivity index (χ3n) is 5.78. The Hall–Kier alpha value is -2.70. The van der Waals surface area contributed by atoms with Gasteiger partial charge in [0.15, 0.2) is 13.1 Å². The number of benzene rings is 2. The lowest BCUT2D eigenvalue weighted by molar-refractivity contribution is -1.00. The second-order valence-corrected chi connectivity index (χ2v) is 8.01. The summed E-state index contributed by atoms with van der Waals surface area (Å²) in [6.07, 6.45) is 1.85. The number of anilines is 2. The van der Waals surface area contributed by atoms with E-state index in [0.717, 1.165) is 56.0 Å². The van der Waals surface area contributed by atoms with E-state index in [4.69, 9.17) is 0 Å². The van der Waals surface area contributed by atoms with E-state index in [-0.39, 0.29) is 11.8 Å². The van der Waals surface area contributed by atoms with Crippen molar-refractivity contribution in [3.05, 3.63) is 59.7 Å². The Kier molecular flexibility index (Phi) is 7.99. The summed E-state index contributed by atoms with van der Waals surface area (Å²) < 4.78 is 0. The zero-order valence-corrected chi connectivity index (χ0v) is 18.1. The van der Waals surface area contributed by atoms with E-state index in [0.29, 0.717) is 13.1 Å². The van der Waals surface area contributed by atoms with Crippen molar-refractivity contribution in [3.63, 3.8) is 0 Å². The van der Waals surface area contributed by atoms with Crippen molar-refractivity contribution in [2.75, 3.05) is 49.9 Å². The highest BCUT2D eigenvalue weighted by Gasteiger charge is 2.26. The zero-order valence-electron chi connectivity index (χ0n) is 18.1. The summed E-state index contributed by atoms with van der Waals surface area (Å²) in [5, 5.41) is 6.07. The number of rotatable bonds is 8. The fraction of sp³-hybridized carbons (Fsp3) is 0.417. The molecule has 0 atom stereocenters. The molecule has 0 radical (unpaired) electrons. The van der Waals surface area contributed by atoms with Crippen LogP contribution in [0.5, 0.6) is 0 Å². The molecule has 3 rings (SSSR count). The van der Waals surface area contributed by atoms with Gasteiger partial charge >= 0.3 is 0 Å². The Morgan fingerprint density at radius 1 is 0.800 bits per heavy atom. The molecule has 0 bridgehead atoms. The summed E-state index contributed by atoms with van der Waals surface area (Å²) in [5.41, 5.74) is 4.16. The lowest BCUT2D eigenvalue weighted by atomic mass is 10.1. The van der Waals surface area contributed by atoms with Gasteiger partial charge in [-0.1, -0.05) is 44.2 Å². The van der Waals surface area contributed by atoms with E-state index in [2.05, 4.69) is 30.5 Å². The minimum Gasteiger partial charge on any atom is -0.321 e. The second kappa shape index (κ2) is 10.9. The van der Waals surface area contributed by atoms with Crippen LogP contribution >= 0.6 is 0 Å². The summed E-state index contributed by atoms with van der Waals surface area (Å²) >= 11 is 0. The van der Waals surface area contributed by atoms with Crippen molar-refractivity contribution in [3.8, 4) is 0 Å². The first-order valence-electron chi connectivity index (χ1n) is 11.0. The molecule has 4 N–H and O–H groups in total. The van der Waals surface area contributed by atoms with Crippen LogP contribution in [-0.4, -0.2) is 51.1 Å². The van der Waals surface area contributed by atoms with Gasteiger partial charge in [-0.25, -0.2) is 0 Å². The van der Waals surface area contributed by atoms with Crippen molar-refractivity contribution in [1.29, 1.82) is 0 Å². The fourth-order valence-corrected chi connectivity index (χ4v) is 3.98. The molecule has 0 aromatic heterocycles. The molecule has 6 heteroatoms. The van der Waals surface area contributed by atoms with Gasteiger partial charge in [0, 0.05) is 11.4 Å². The van der Waals surface area contributed by atoms with E-state index < -0.39 is 0 Å². The number of carbonyl (C=O) groups excluding carboxylic acids is 2. The quantitative estimate of drug-likeness (QED) is 0.501. The van der Waals surface area contributed by atoms with Gasteiger partial charge in [0.05, 0.1) is 0 Å². The summed E-state index contributed by atoms with van der Waals surface area (Å²) in [4.78, 5) is 27.4. The van der Waals surface area contributed by atoms with Crippen LogP contribution in [0.25, 0.3) is 0 Å². The maximum atomic E-state index is 12.5. The highest BCUT2D eigenvalue weighted by Crippen LogP contribution is 2.14. The van der Waals surface area contributed by atoms with Crippen molar-refractivity contribution < 1.29 is 19.4 Å². The zero-order chi connectivity index (χ0) is 21.3. The third-order valence-corrected chi connectivity index (χ3v) is 5.78. The second-order valence-electron chi connectivity index (χ2n) is 8.01. The average Bonchev–Trinajstić information content (AvgIpc) is 2.75. The van der Waals surface area contributed by atoms with Gasteiger partial charge in [-0.15, -0.1) is 0 Å². The largest absolute Gasteiger partial charge is 0.321 e. The lowest BCUT2D eigenvalue weighted by Gasteiger charge is -2.29. The van der Waals surface area contributed by atoms with Crippen LogP contribution in [0.2, 0.25) is 0 Å². The van der Waals surface area contributed by atoms with Gasteiger partial charge < -0.3 is 20.4 Å². The molecule has 0 saturated carbocycles. The van der Waals surface area contributed by atoms with E-state index >= 15 is 0 Å².